The van der Waals surface area contributed by atoms with Crippen LogP contribution in [-0.4, -0.2) is 46.0 Å². The molecule has 0 unspecified atom stereocenters. The van der Waals surface area contributed by atoms with Crippen LogP contribution in [0.15, 0.2) is 24.4 Å². The zero-order valence-corrected chi connectivity index (χ0v) is 13.8. The molecule has 2 aliphatic heterocycles. The molecule has 0 bridgehead atoms. The number of likely N-dealkylation sites (tertiary alicyclic amines) is 1. The first kappa shape index (κ1) is 15.3. The summed E-state index contributed by atoms with van der Waals surface area (Å²) in [5.41, 5.74) is 2.83. The van der Waals surface area contributed by atoms with E-state index in [0.29, 0.717) is 18.2 Å². The summed E-state index contributed by atoms with van der Waals surface area (Å²) in [6.45, 7) is 5.29. The maximum absolute atomic E-state index is 11.8. The van der Waals surface area contributed by atoms with Gasteiger partial charge < -0.3 is 19.6 Å². The molecule has 2 aliphatic rings. The van der Waals surface area contributed by atoms with Crippen molar-refractivity contribution >= 4 is 29.6 Å². The number of nitrogens with one attached hydrogen (secondary N) is 1. The van der Waals surface area contributed by atoms with Gasteiger partial charge in [0.1, 0.15) is 11.4 Å². The molecule has 0 radical (unpaired) electrons. The summed E-state index contributed by atoms with van der Waals surface area (Å²) in [4.78, 5) is 21.2. The highest BCUT2D eigenvalue weighted by atomic mass is 16.5. The predicted octanol–water partition coefficient (Wildman–Crippen LogP) is 1.86. The second-order valence-electron chi connectivity index (χ2n) is 6.71. The Kier molecular flexibility index (Phi) is 3.60. The summed E-state index contributed by atoms with van der Waals surface area (Å²) in [5, 5.41) is 11.1. The van der Waals surface area contributed by atoms with Crippen LogP contribution in [-0.2, 0) is 4.79 Å². The van der Waals surface area contributed by atoms with Crippen LogP contribution in [0.2, 0.25) is 0 Å². The zero-order chi connectivity index (χ0) is 16.8. The molecule has 7 heteroatoms. The normalized spacial score (nSPS) is 23.7. The topological polar surface area (TPSA) is 78.5 Å². The lowest BCUT2D eigenvalue weighted by Gasteiger charge is -2.39. The van der Waals surface area contributed by atoms with Crippen LogP contribution in [0.3, 0.4) is 0 Å². The van der Waals surface area contributed by atoms with Crippen LogP contribution in [0.1, 0.15) is 25.8 Å². The molecule has 6 nitrogen and oxygen atoms in total. The summed E-state index contributed by atoms with van der Waals surface area (Å²) in [5.74, 6) is 3.06. The third-order valence-corrected chi connectivity index (χ3v) is 5.21. The molecule has 24 heavy (non-hydrogen) atoms. The van der Waals surface area contributed by atoms with Gasteiger partial charge in [0.15, 0.2) is 0 Å². The van der Waals surface area contributed by atoms with Gasteiger partial charge in [-0.1, -0.05) is 6.92 Å². The van der Waals surface area contributed by atoms with Gasteiger partial charge in [-0.3, -0.25) is 4.79 Å². The van der Waals surface area contributed by atoms with E-state index in [4.69, 9.17) is 4.65 Å². The van der Waals surface area contributed by atoms with E-state index in [9.17, 15) is 9.82 Å². The number of aromatic nitrogens is 2. The number of aromatic amines is 1. The van der Waals surface area contributed by atoms with Crippen LogP contribution in [0.5, 0.6) is 5.75 Å². The van der Waals surface area contributed by atoms with Crippen molar-refractivity contribution in [2.75, 3.05) is 13.1 Å². The Morgan fingerprint density at radius 1 is 1.54 bits per heavy atom. The van der Waals surface area contributed by atoms with E-state index in [1.54, 1.807) is 19.1 Å². The Labute approximate surface area is 140 Å². The largest absolute Gasteiger partial charge is 0.552 e. The molecular weight excluding hydrogens is 305 g/mol. The van der Waals surface area contributed by atoms with Crippen molar-refractivity contribution in [3.8, 4) is 5.75 Å². The Morgan fingerprint density at radius 3 is 3.17 bits per heavy atom. The molecule has 2 atom stereocenters. The number of nitrogens with zero attached hydrogens (tertiary/aromatic N) is 2. The minimum Gasteiger partial charge on any atom is -0.531 e. The van der Waals surface area contributed by atoms with E-state index < -0.39 is 7.12 Å². The number of hydrogen-bond acceptors (Lipinski definition) is 4. The molecule has 2 aromatic rings. The maximum atomic E-state index is 11.8. The Bertz CT molecular complexity index is 832. The number of piperidine rings is 1. The molecule has 0 saturated carbocycles. The number of pyridine rings is 1. The summed E-state index contributed by atoms with van der Waals surface area (Å²) < 4.78 is 5.56. The number of fused-ring (bicyclic) bond motifs is 3. The summed E-state index contributed by atoms with van der Waals surface area (Å²) >= 11 is 0. The van der Waals surface area contributed by atoms with Crippen molar-refractivity contribution in [2.45, 2.75) is 20.3 Å². The fourth-order valence-electron chi connectivity index (χ4n) is 3.85. The number of carbonyl (C=O) groups is 1. The van der Waals surface area contributed by atoms with Gasteiger partial charge in [-0.2, -0.15) is 0 Å². The SMILES string of the molecule is CC(=O)N1CC[C@H](C)[C@H](C2=CB(O)Oc3cnc4[nH]ccc4c32)C1. The average Bonchev–Trinajstić information content (AvgIpc) is 3.02. The van der Waals surface area contributed by atoms with Gasteiger partial charge >= 0.3 is 7.12 Å². The fraction of sp³-hybridized carbons (Fsp3) is 0.412. The van der Waals surface area contributed by atoms with Crippen molar-refractivity contribution in [2.24, 2.45) is 11.8 Å². The van der Waals surface area contributed by atoms with Crippen molar-refractivity contribution in [1.29, 1.82) is 0 Å². The Hall–Kier alpha value is -2.28. The lowest BCUT2D eigenvalue weighted by Crippen LogP contribution is -2.43. The van der Waals surface area contributed by atoms with Gasteiger partial charge in [0.25, 0.3) is 0 Å². The lowest BCUT2D eigenvalue weighted by atomic mass is 9.72. The summed E-state index contributed by atoms with van der Waals surface area (Å²) in [6, 6.07) is 1.98. The van der Waals surface area contributed by atoms with Crippen LogP contribution >= 0.6 is 0 Å². The molecule has 4 rings (SSSR count). The van der Waals surface area contributed by atoms with Crippen molar-refractivity contribution < 1.29 is 14.5 Å². The van der Waals surface area contributed by atoms with E-state index in [0.717, 1.165) is 35.1 Å². The first-order valence-electron chi connectivity index (χ1n) is 8.33. The zero-order valence-electron chi connectivity index (χ0n) is 13.8. The number of rotatable bonds is 1. The highest BCUT2D eigenvalue weighted by molar-refractivity contribution is 6.52. The van der Waals surface area contributed by atoms with Gasteiger partial charge in [-0.25, -0.2) is 4.98 Å². The van der Waals surface area contributed by atoms with E-state index in [1.807, 2.05) is 17.2 Å². The number of H-pyrrole nitrogens is 1. The van der Waals surface area contributed by atoms with Crippen LogP contribution < -0.4 is 4.65 Å². The van der Waals surface area contributed by atoms with E-state index in [2.05, 4.69) is 16.9 Å². The quantitative estimate of drug-likeness (QED) is 0.785. The smallest absolute Gasteiger partial charge is 0.531 e. The average molecular weight is 325 g/mol. The van der Waals surface area contributed by atoms with E-state index in [1.165, 1.54) is 0 Å². The standard InChI is InChI=1S/C17H20BN3O3/c1-10-4-6-21(11(2)22)9-14(10)13-7-18(23)24-15-8-20-17-12(16(13)15)3-5-19-17/h3,5,7-8,10,14,23H,4,6,9H2,1-2H3,(H,19,20)/t10-,14+/m0/s1. The Balaban J connectivity index is 1.82. The van der Waals surface area contributed by atoms with Gasteiger partial charge in [0.2, 0.25) is 5.91 Å². The second-order valence-corrected chi connectivity index (χ2v) is 6.71. The molecule has 1 amide bonds. The molecular formula is C17H20BN3O3. The molecule has 0 spiro atoms. The summed E-state index contributed by atoms with van der Waals surface area (Å²) in [7, 11) is -0.981. The van der Waals surface area contributed by atoms with Gasteiger partial charge in [0, 0.05) is 43.1 Å². The van der Waals surface area contributed by atoms with Crippen molar-refractivity contribution in [3.63, 3.8) is 0 Å². The van der Waals surface area contributed by atoms with Gasteiger partial charge in [-0.15, -0.1) is 0 Å². The highest BCUT2D eigenvalue weighted by Crippen LogP contribution is 2.43. The molecule has 1 saturated heterocycles. The monoisotopic (exact) mass is 325 g/mol. The number of hydrogen-bond donors (Lipinski definition) is 2. The van der Waals surface area contributed by atoms with Crippen LogP contribution in [0, 0.1) is 11.8 Å². The predicted molar refractivity (Wildman–Crippen MR) is 92.2 cm³/mol. The van der Waals surface area contributed by atoms with E-state index >= 15 is 0 Å². The maximum Gasteiger partial charge on any atom is 0.552 e. The van der Waals surface area contributed by atoms with Crippen molar-refractivity contribution in [3.05, 3.63) is 30.0 Å². The van der Waals surface area contributed by atoms with E-state index in [-0.39, 0.29) is 11.8 Å². The molecule has 0 aliphatic carbocycles. The van der Waals surface area contributed by atoms with Gasteiger partial charge in [0.05, 0.1) is 6.20 Å². The molecule has 0 aromatic carbocycles. The van der Waals surface area contributed by atoms with Crippen LogP contribution in [0.4, 0.5) is 0 Å². The van der Waals surface area contributed by atoms with Crippen molar-refractivity contribution in [1.82, 2.24) is 14.9 Å². The minimum atomic E-state index is -0.981. The van der Waals surface area contributed by atoms with Crippen LogP contribution in [0.25, 0.3) is 16.6 Å². The lowest BCUT2D eigenvalue weighted by molar-refractivity contribution is -0.130. The van der Waals surface area contributed by atoms with Gasteiger partial charge in [-0.05, 0) is 30.0 Å². The highest BCUT2D eigenvalue weighted by Gasteiger charge is 2.36. The minimum absolute atomic E-state index is 0.0989. The number of amides is 1. The third kappa shape index (κ3) is 2.40. The molecule has 4 heterocycles. The molecule has 124 valence electrons. The first-order chi connectivity index (χ1) is 11.5. The fourth-order valence-corrected chi connectivity index (χ4v) is 3.85. The molecule has 2 aromatic heterocycles. The summed E-state index contributed by atoms with van der Waals surface area (Å²) in [6.07, 6.45) is 4.46. The Morgan fingerprint density at radius 2 is 2.38 bits per heavy atom. The molecule has 1 fully saturated rings. The molecule has 2 N–H and O–H groups in total. The third-order valence-electron chi connectivity index (χ3n) is 5.21. The second kappa shape index (κ2) is 5.67. The number of carbonyl (C=O) groups excluding carboxylic acids is 1. The first-order valence-corrected chi connectivity index (χ1v) is 8.33.